The molecule has 0 aromatic heterocycles. The Labute approximate surface area is 155 Å². The molecular formula is C21H29NO4. The minimum atomic E-state index is 0.0759. The highest BCUT2D eigenvalue weighted by Crippen LogP contribution is 2.42. The zero-order valence-corrected chi connectivity index (χ0v) is 15.4. The number of carbonyl (C=O) groups is 1. The summed E-state index contributed by atoms with van der Waals surface area (Å²) in [5.74, 6) is 1.62. The smallest absolute Gasteiger partial charge is 0.260 e. The fraction of sp³-hybridized carbons (Fsp3) is 0.667. The summed E-state index contributed by atoms with van der Waals surface area (Å²) in [4.78, 5) is 14.3. The maximum Gasteiger partial charge on any atom is 0.260 e. The first-order chi connectivity index (χ1) is 12.7. The molecule has 1 atom stereocenters. The lowest BCUT2D eigenvalue weighted by atomic mass is 9.76. The average molecular weight is 359 g/mol. The van der Waals surface area contributed by atoms with E-state index in [0.29, 0.717) is 0 Å². The number of para-hydroxylation sites is 1. The molecule has 4 rings (SSSR count). The highest BCUT2D eigenvalue weighted by molar-refractivity contribution is 5.77. The van der Waals surface area contributed by atoms with E-state index in [2.05, 4.69) is 0 Å². The van der Waals surface area contributed by atoms with Gasteiger partial charge in [0.15, 0.2) is 6.61 Å². The Morgan fingerprint density at radius 3 is 2.65 bits per heavy atom. The van der Waals surface area contributed by atoms with E-state index in [1.54, 1.807) is 0 Å². The second-order valence-corrected chi connectivity index (χ2v) is 8.10. The molecule has 0 unspecified atom stereocenters. The highest BCUT2D eigenvalue weighted by atomic mass is 16.5. The van der Waals surface area contributed by atoms with Crippen LogP contribution in [0.4, 0.5) is 0 Å². The molecular weight excluding hydrogens is 330 g/mol. The predicted molar refractivity (Wildman–Crippen MR) is 98.1 cm³/mol. The van der Waals surface area contributed by atoms with Gasteiger partial charge in [0.05, 0.1) is 19.3 Å². The summed E-state index contributed by atoms with van der Waals surface area (Å²) >= 11 is 0. The van der Waals surface area contributed by atoms with Gasteiger partial charge < -0.3 is 19.1 Å². The van der Waals surface area contributed by atoms with Gasteiger partial charge in [-0.25, -0.2) is 0 Å². The number of nitrogens with zero attached hydrogens (tertiary/aromatic N) is 1. The average Bonchev–Trinajstić information content (AvgIpc) is 3.42. The minimum Gasteiger partial charge on any atom is -0.484 e. The molecule has 5 heteroatoms. The van der Waals surface area contributed by atoms with E-state index >= 15 is 0 Å². The van der Waals surface area contributed by atoms with Crippen LogP contribution in [0.25, 0.3) is 0 Å². The Morgan fingerprint density at radius 1 is 1.15 bits per heavy atom. The van der Waals surface area contributed by atoms with Crippen molar-refractivity contribution in [3.8, 4) is 5.75 Å². The number of ether oxygens (including phenoxy) is 3. The summed E-state index contributed by atoms with van der Waals surface area (Å²) in [6.07, 6.45) is 5.99. The molecule has 0 N–H and O–H groups in total. The highest BCUT2D eigenvalue weighted by Gasteiger charge is 2.43. The zero-order valence-electron chi connectivity index (χ0n) is 15.4. The van der Waals surface area contributed by atoms with Gasteiger partial charge in [0.25, 0.3) is 5.91 Å². The number of rotatable bonds is 7. The predicted octanol–water partition coefficient (Wildman–Crippen LogP) is 2.89. The van der Waals surface area contributed by atoms with Crippen molar-refractivity contribution in [2.45, 2.75) is 38.2 Å². The Morgan fingerprint density at radius 2 is 1.92 bits per heavy atom. The molecule has 1 aromatic rings. The molecule has 1 aromatic carbocycles. The molecule has 142 valence electrons. The van der Waals surface area contributed by atoms with Crippen LogP contribution in [0.15, 0.2) is 30.3 Å². The second kappa shape index (κ2) is 7.97. The van der Waals surface area contributed by atoms with E-state index in [9.17, 15) is 4.79 Å². The van der Waals surface area contributed by atoms with Crippen LogP contribution in [0, 0.1) is 11.3 Å². The first-order valence-electron chi connectivity index (χ1n) is 9.87. The molecule has 1 spiro atoms. The third-order valence-electron chi connectivity index (χ3n) is 5.92. The molecule has 1 aliphatic carbocycles. The standard InChI is InChI=1S/C21H29NO4/c23-20(15-25-18-4-2-1-3-5-18)22-10-8-21(9-11-22)12-19(26-16-21)14-24-13-17-6-7-17/h1-5,17,19H,6-16H2/t19-/m1/s1. The van der Waals surface area contributed by atoms with Crippen LogP contribution in [-0.4, -0.2) is 56.4 Å². The maximum atomic E-state index is 12.4. The normalized spacial score (nSPS) is 24.8. The van der Waals surface area contributed by atoms with E-state index in [-0.39, 0.29) is 24.0 Å². The first-order valence-corrected chi connectivity index (χ1v) is 9.87. The number of amides is 1. The zero-order chi connectivity index (χ0) is 17.8. The van der Waals surface area contributed by atoms with Crippen LogP contribution in [0.1, 0.15) is 32.1 Å². The van der Waals surface area contributed by atoms with Crippen molar-refractivity contribution in [3.05, 3.63) is 30.3 Å². The lowest BCUT2D eigenvalue weighted by Gasteiger charge is -2.38. The van der Waals surface area contributed by atoms with Crippen molar-refractivity contribution in [1.82, 2.24) is 4.90 Å². The lowest BCUT2D eigenvalue weighted by molar-refractivity contribution is -0.135. The van der Waals surface area contributed by atoms with Crippen molar-refractivity contribution >= 4 is 5.91 Å². The van der Waals surface area contributed by atoms with Gasteiger partial charge in [-0.3, -0.25) is 4.79 Å². The number of piperidine rings is 1. The molecule has 1 amide bonds. The summed E-state index contributed by atoms with van der Waals surface area (Å²) < 4.78 is 17.4. The molecule has 3 fully saturated rings. The fourth-order valence-corrected chi connectivity index (χ4v) is 3.99. The Hall–Kier alpha value is -1.59. The van der Waals surface area contributed by atoms with Gasteiger partial charge in [0.1, 0.15) is 5.75 Å². The molecule has 3 aliphatic rings. The molecule has 0 bridgehead atoms. The summed E-state index contributed by atoms with van der Waals surface area (Å²) in [7, 11) is 0. The monoisotopic (exact) mass is 359 g/mol. The van der Waals surface area contributed by atoms with E-state index in [1.807, 2.05) is 35.2 Å². The van der Waals surface area contributed by atoms with Gasteiger partial charge in [-0.15, -0.1) is 0 Å². The topological polar surface area (TPSA) is 48.0 Å². The molecule has 2 saturated heterocycles. The van der Waals surface area contributed by atoms with Crippen molar-refractivity contribution in [2.75, 3.05) is 39.5 Å². The Bertz CT molecular complexity index is 593. The quantitative estimate of drug-likeness (QED) is 0.751. The van der Waals surface area contributed by atoms with Gasteiger partial charge in [-0.1, -0.05) is 18.2 Å². The van der Waals surface area contributed by atoms with Crippen molar-refractivity contribution in [2.24, 2.45) is 11.3 Å². The molecule has 0 radical (unpaired) electrons. The second-order valence-electron chi connectivity index (χ2n) is 8.10. The third kappa shape index (κ3) is 4.57. The largest absolute Gasteiger partial charge is 0.484 e. The van der Waals surface area contributed by atoms with Crippen molar-refractivity contribution < 1.29 is 19.0 Å². The van der Waals surface area contributed by atoms with E-state index in [4.69, 9.17) is 14.2 Å². The number of carbonyl (C=O) groups excluding carboxylic acids is 1. The van der Waals surface area contributed by atoms with E-state index in [1.165, 1.54) is 12.8 Å². The molecule has 1 saturated carbocycles. The minimum absolute atomic E-state index is 0.0759. The maximum absolute atomic E-state index is 12.4. The summed E-state index contributed by atoms with van der Waals surface area (Å²) in [6.45, 7) is 4.16. The SMILES string of the molecule is O=C(COc1ccccc1)N1CCC2(CC1)CO[C@@H](COCC1CC1)C2. The van der Waals surface area contributed by atoms with Crippen LogP contribution >= 0.6 is 0 Å². The fourth-order valence-electron chi connectivity index (χ4n) is 3.99. The van der Waals surface area contributed by atoms with Crippen LogP contribution in [0.5, 0.6) is 5.75 Å². The van der Waals surface area contributed by atoms with Gasteiger partial charge in [0.2, 0.25) is 0 Å². The van der Waals surface area contributed by atoms with Crippen molar-refractivity contribution in [1.29, 1.82) is 0 Å². The molecule has 2 aliphatic heterocycles. The lowest BCUT2D eigenvalue weighted by Crippen LogP contribution is -2.45. The van der Waals surface area contributed by atoms with Crippen LogP contribution in [0.2, 0.25) is 0 Å². The number of benzene rings is 1. The molecule has 26 heavy (non-hydrogen) atoms. The number of hydrogen-bond donors (Lipinski definition) is 0. The Balaban J connectivity index is 1.18. The van der Waals surface area contributed by atoms with Crippen molar-refractivity contribution in [3.63, 3.8) is 0 Å². The van der Waals surface area contributed by atoms with Crippen LogP contribution in [0.3, 0.4) is 0 Å². The third-order valence-corrected chi connectivity index (χ3v) is 5.92. The summed E-state index contributed by atoms with van der Waals surface area (Å²) in [5.41, 5.74) is 0.241. The summed E-state index contributed by atoms with van der Waals surface area (Å²) in [5, 5.41) is 0. The van der Waals surface area contributed by atoms with Crippen LogP contribution < -0.4 is 4.74 Å². The Kier molecular flexibility index (Phi) is 5.46. The van der Waals surface area contributed by atoms with Gasteiger partial charge in [-0.05, 0) is 55.6 Å². The number of hydrogen-bond acceptors (Lipinski definition) is 4. The van der Waals surface area contributed by atoms with Gasteiger partial charge >= 0.3 is 0 Å². The summed E-state index contributed by atoms with van der Waals surface area (Å²) in [6, 6.07) is 9.51. The van der Waals surface area contributed by atoms with Gasteiger partial charge in [0, 0.05) is 19.7 Å². The molecule has 2 heterocycles. The van der Waals surface area contributed by atoms with Gasteiger partial charge in [-0.2, -0.15) is 0 Å². The van der Waals surface area contributed by atoms with E-state index in [0.717, 1.165) is 63.8 Å². The number of likely N-dealkylation sites (tertiary alicyclic amines) is 1. The van der Waals surface area contributed by atoms with Crippen LogP contribution in [-0.2, 0) is 14.3 Å². The van der Waals surface area contributed by atoms with E-state index < -0.39 is 0 Å². The first kappa shape index (κ1) is 17.8. The molecule has 5 nitrogen and oxygen atoms in total.